The quantitative estimate of drug-likeness (QED) is 0.748. The lowest BCUT2D eigenvalue weighted by molar-refractivity contribution is -0.142. The lowest BCUT2D eigenvalue weighted by Gasteiger charge is -2.33. The van der Waals surface area contributed by atoms with Gasteiger partial charge < -0.3 is 0 Å². The van der Waals surface area contributed by atoms with Gasteiger partial charge in [0.2, 0.25) is 11.8 Å². The second-order valence-electron chi connectivity index (χ2n) is 7.88. The molecule has 0 N–H and O–H groups in total. The summed E-state index contributed by atoms with van der Waals surface area (Å²) in [7, 11) is 0. The molecule has 0 aromatic rings. The monoisotopic (exact) mass is 289 g/mol. The Morgan fingerprint density at radius 3 is 2.05 bits per heavy atom. The van der Waals surface area contributed by atoms with Crippen LogP contribution in [0.15, 0.2) is 0 Å². The Balaban J connectivity index is 1.51. The van der Waals surface area contributed by atoms with Crippen LogP contribution >= 0.6 is 0 Å². The smallest absolute Gasteiger partial charge is 0.233 e. The number of carbonyl (C=O) groups is 2. The van der Waals surface area contributed by atoms with Gasteiger partial charge in [-0.25, -0.2) is 0 Å². The highest BCUT2D eigenvalue weighted by molar-refractivity contribution is 6.06. The van der Waals surface area contributed by atoms with Gasteiger partial charge in [0.15, 0.2) is 0 Å². The van der Waals surface area contributed by atoms with Crippen LogP contribution < -0.4 is 0 Å². The largest absolute Gasteiger partial charge is 0.282 e. The van der Waals surface area contributed by atoms with Crippen molar-refractivity contribution in [1.82, 2.24) is 4.90 Å². The maximum atomic E-state index is 12.8. The van der Waals surface area contributed by atoms with Gasteiger partial charge in [0, 0.05) is 6.54 Å². The molecule has 4 aliphatic rings. The highest BCUT2D eigenvalue weighted by Gasteiger charge is 2.60. The second-order valence-corrected chi connectivity index (χ2v) is 7.88. The van der Waals surface area contributed by atoms with Crippen molar-refractivity contribution in [2.45, 2.75) is 58.3 Å². The molecule has 6 unspecified atom stereocenters. The van der Waals surface area contributed by atoms with Crippen LogP contribution in [0.2, 0.25) is 0 Å². The molecule has 116 valence electrons. The highest BCUT2D eigenvalue weighted by Crippen LogP contribution is 2.56. The number of hydrogen-bond acceptors (Lipinski definition) is 2. The molecule has 1 saturated heterocycles. The van der Waals surface area contributed by atoms with Crippen LogP contribution in [0.5, 0.6) is 0 Å². The second kappa shape index (κ2) is 5.10. The number of hydrogen-bond donors (Lipinski definition) is 0. The first-order valence-electron chi connectivity index (χ1n) is 9.06. The number of nitrogens with zero attached hydrogens (tertiary/aromatic N) is 1. The van der Waals surface area contributed by atoms with E-state index in [1.165, 1.54) is 44.9 Å². The van der Waals surface area contributed by atoms with Crippen LogP contribution in [0.1, 0.15) is 58.3 Å². The maximum absolute atomic E-state index is 12.8. The Morgan fingerprint density at radius 2 is 1.48 bits per heavy atom. The molecular weight excluding hydrogens is 262 g/mol. The van der Waals surface area contributed by atoms with Crippen LogP contribution in [0.25, 0.3) is 0 Å². The van der Waals surface area contributed by atoms with Crippen molar-refractivity contribution in [3.8, 4) is 0 Å². The number of fused-ring (bicyclic) bond motifs is 5. The Labute approximate surface area is 127 Å². The lowest BCUT2D eigenvalue weighted by atomic mass is 9.77. The third-order valence-corrected chi connectivity index (χ3v) is 7.03. The van der Waals surface area contributed by atoms with Gasteiger partial charge in [0.1, 0.15) is 0 Å². The molecule has 3 aliphatic carbocycles. The fraction of sp³-hybridized carbons (Fsp3) is 0.889. The first-order valence-corrected chi connectivity index (χ1v) is 9.06. The summed E-state index contributed by atoms with van der Waals surface area (Å²) in [5, 5.41) is 0. The molecule has 3 nitrogen and oxygen atoms in total. The molecule has 3 heteroatoms. The van der Waals surface area contributed by atoms with E-state index in [9.17, 15) is 9.59 Å². The summed E-state index contributed by atoms with van der Waals surface area (Å²) in [6.45, 7) is 2.98. The predicted molar refractivity (Wildman–Crippen MR) is 80.3 cm³/mol. The molecule has 4 rings (SSSR count). The van der Waals surface area contributed by atoms with Gasteiger partial charge in [-0.15, -0.1) is 0 Å². The van der Waals surface area contributed by atoms with Gasteiger partial charge in [0.25, 0.3) is 0 Å². The van der Waals surface area contributed by atoms with Gasteiger partial charge in [-0.1, -0.05) is 32.6 Å². The molecule has 2 bridgehead atoms. The SMILES string of the molecule is CCC1CCCCC1CN1C(=O)C2C3CCC(C3)C2C1=O. The Kier molecular flexibility index (Phi) is 3.35. The standard InChI is InChI=1S/C18H27NO2/c1-2-11-5-3-4-6-14(11)10-19-17(20)15-12-7-8-13(9-12)16(15)18(19)21/h11-16H,2-10H2,1H3. The van der Waals surface area contributed by atoms with Crippen molar-refractivity contribution >= 4 is 11.8 Å². The predicted octanol–water partition coefficient (Wildman–Crippen LogP) is 3.23. The third-order valence-electron chi connectivity index (χ3n) is 7.03. The summed E-state index contributed by atoms with van der Waals surface area (Å²) in [5.74, 6) is 2.85. The van der Waals surface area contributed by atoms with Crippen LogP contribution in [0, 0.1) is 35.5 Å². The summed E-state index contributed by atoms with van der Waals surface area (Å²) < 4.78 is 0. The summed E-state index contributed by atoms with van der Waals surface area (Å²) >= 11 is 0. The number of imide groups is 1. The Morgan fingerprint density at radius 1 is 0.905 bits per heavy atom. The number of likely N-dealkylation sites (tertiary alicyclic amines) is 1. The van der Waals surface area contributed by atoms with E-state index in [4.69, 9.17) is 0 Å². The normalized spacial score (nSPS) is 45.5. The van der Waals surface area contributed by atoms with Crippen molar-refractivity contribution < 1.29 is 9.59 Å². The molecule has 0 spiro atoms. The minimum atomic E-state index is 0.0694. The van der Waals surface area contributed by atoms with Crippen LogP contribution in [0.3, 0.4) is 0 Å². The van der Waals surface area contributed by atoms with E-state index in [0.29, 0.717) is 17.8 Å². The molecule has 0 aromatic heterocycles. The maximum Gasteiger partial charge on any atom is 0.233 e. The molecule has 2 amide bonds. The highest BCUT2D eigenvalue weighted by atomic mass is 16.2. The average Bonchev–Trinajstić information content (AvgIpc) is 3.17. The van der Waals surface area contributed by atoms with E-state index in [1.54, 1.807) is 4.90 Å². The van der Waals surface area contributed by atoms with E-state index < -0.39 is 0 Å². The first kappa shape index (κ1) is 13.8. The van der Waals surface area contributed by atoms with Gasteiger partial charge >= 0.3 is 0 Å². The first-order chi connectivity index (χ1) is 10.2. The summed E-state index contributed by atoms with van der Waals surface area (Å²) in [5.41, 5.74) is 0. The fourth-order valence-electron chi connectivity index (χ4n) is 5.95. The lowest BCUT2D eigenvalue weighted by Crippen LogP contribution is -2.39. The zero-order valence-corrected chi connectivity index (χ0v) is 13.1. The molecular formula is C18H27NO2. The molecule has 1 aliphatic heterocycles. The van der Waals surface area contributed by atoms with Crippen molar-refractivity contribution in [1.29, 1.82) is 0 Å². The molecule has 6 atom stereocenters. The minimum Gasteiger partial charge on any atom is -0.282 e. The van der Waals surface area contributed by atoms with Gasteiger partial charge in [0.05, 0.1) is 11.8 Å². The number of rotatable bonds is 3. The third kappa shape index (κ3) is 1.99. The van der Waals surface area contributed by atoms with Crippen molar-refractivity contribution in [2.75, 3.05) is 6.54 Å². The van der Waals surface area contributed by atoms with E-state index in [1.807, 2.05) is 0 Å². The number of amides is 2. The van der Waals surface area contributed by atoms with Gasteiger partial charge in [-0.2, -0.15) is 0 Å². The molecule has 0 aromatic carbocycles. The molecule has 0 radical (unpaired) electrons. The van der Waals surface area contributed by atoms with Gasteiger partial charge in [-0.3, -0.25) is 14.5 Å². The zero-order chi connectivity index (χ0) is 14.6. The summed E-state index contributed by atoms with van der Waals surface area (Å²) in [6, 6.07) is 0. The van der Waals surface area contributed by atoms with E-state index in [-0.39, 0.29) is 23.7 Å². The molecule has 21 heavy (non-hydrogen) atoms. The van der Waals surface area contributed by atoms with Crippen molar-refractivity contribution in [3.05, 3.63) is 0 Å². The summed E-state index contributed by atoms with van der Waals surface area (Å²) in [6.07, 6.45) is 9.79. The van der Waals surface area contributed by atoms with E-state index in [0.717, 1.165) is 18.9 Å². The summed E-state index contributed by atoms with van der Waals surface area (Å²) in [4.78, 5) is 27.2. The Hall–Kier alpha value is -0.860. The number of carbonyl (C=O) groups excluding carboxylic acids is 2. The molecule has 1 heterocycles. The average molecular weight is 289 g/mol. The Bertz CT molecular complexity index is 432. The van der Waals surface area contributed by atoms with Crippen LogP contribution in [0.4, 0.5) is 0 Å². The zero-order valence-electron chi connectivity index (χ0n) is 13.1. The fourth-order valence-corrected chi connectivity index (χ4v) is 5.95. The molecule has 3 saturated carbocycles. The topological polar surface area (TPSA) is 37.4 Å². The minimum absolute atomic E-state index is 0.0694. The van der Waals surface area contributed by atoms with Crippen LogP contribution in [-0.4, -0.2) is 23.3 Å². The van der Waals surface area contributed by atoms with Crippen molar-refractivity contribution in [3.63, 3.8) is 0 Å². The molecule has 4 fully saturated rings. The van der Waals surface area contributed by atoms with E-state index in [2.05, 4.69) is 6.92 Å². The van der Waals surface area contributed by atoms with Gasteiger partial charge in [-0.05, 0) is 49.4 Å². The van der Waals surface area contributed by atoms with Crippen LogP contribution in [-0.2, 0) is 9.59 Å². The van der Waals surface area contributed by atoms with E-state index >= 15 is 0 Å². The van der Waals surface area contributed by atoms with Crippen molar-refractivity contribution in [2.24, 2.45) is 35.5 Å².